The summed E-state index contributed by atoms with van der Waals surface area (Å²) in [4.78, 5) is 83.7. The zero-order valence-corrected chi connectivity index (χ0v) is 36.3. The van der Waals surface area contributed by atoms with Gasteiger partial charge >= 0.3 is 23.9 Å². The summed E-state index contributed by atoms with van der Waals surface area (Å²) in [6, 6.07) is 20.8. The molecule has 16 heteroatoms. The van der Waals surface area contributed by atoms with E-state index in [0.29, 0.717) is 5.56 Å². The molecule has 7 rings (SSSR count). The highest BCUT2D eigenvalue weighted by molar-refractivity contribution is 6.33. The van der Waals surface area contributed by atoms with Crippen LogP contribution in [0.4, 0.5) is 0 Å². The molecule has 0 radical (unpaired) electrons. The predicted molar refractivity (Wildman–Crippen MR) is 223 cm³/mol. The topological polar surface area (TPSA) is 221 Å². The number of Topliss-reactive ketones (excluding diaryl/α,β-unsaturated/α-hetero) is 1. The van der Waals surface area contributed by atoms with E-state index in [1.165, 1.54) is 38.1 Å². The van der Waals surface area contributed by atoms with Crippen molar-refractivity contribution in [2.24, 2.45) is 16.7 Å². The highest BCUT2D eigenvalue weighted by Gasteiger charge is 2.78. The van der Waals surface area contributed by atoms with Crippen molar-refractivity contribution in [2.75, 3.05) is 6.61 Å². The fourth-order valence-electron chi connectivity index (χ4n) is 10.2. The number of benzene rings is 3. The second-order valence-electron chi connectivity index (χ2n) is 17.5. The Labute approximate surface area is 368 Å². The van der Waals surface area contributed by atoms with Crippen LogP contribution in [0.3, 0.4) is 0 Å². The number of ether oxygens (including phenoxy) is 5. The first-order valence-corrected chi connectivity index (χ1v) is 21.0. The molecule has 3 fully saturated rings. The zero-order chi connectivity index (χ0) is 45.8. The summed E-state index contributed by atoms with van der Waals surface area (Å²) < 4.78 is 30.3. The largest absolute Gasteiger partial charge is 0.456 e. The Kier molecular flexibility index (Phi) is 12.2. The molecule has 2 bridgehead atoms. The number of amides is 1. The Morgan fingerprint density at radius 3 is 2.08 bits per heavy atom. The van der Waals surface area contributed by atoms with Gasteiger partial charge in [-0.05, 0) is 54.8 Å². The van der Waals surface area contributed by atoms with E-state index in [4.69, 9.17) is 35.3 Å². The van der Waals surface area contributed by atoms with Crippen molar-refractivity contribution in [3.8, 4) is 0 Å². The van der Waals surface area contributed by atoms with Gasteiger partial charge in [0.2, 0.25) is 0 Å². The van der Waals surface area contributed by atoms with Crippen molar-refractivity contribution in [1.82, 2.24) is 5.32 Å². The van der Waals surface area contributed by atoms with Gasteiger partial charge in [0.05, 0.1) is 46.2 Å². The summed E-state index contributed by atoms with van der Waals surface area (Å²) in [6.45, 7) is 7.92. The van der Waals surface area contributed by atoms with Crippen LogP contribution >= 0.6 is 11.6 Å². The lowest BCUT2D eigenvalue weighted by atomic mass is 9.44. The lowest BCUT2D eigenvalue weighted by molar-refractivity contribution is -0.346. The van der Waals surface area contributed by atoms with Gasteiger partial charge in [0, 0.05) is 32.1 Å². The number of aliphatic hydroxyl groups is 3. The van der Waals surface area contributed by atoms with E-state index in [1.807, 2.05) is 0 Å². The molecule has 3 aliphatic carbocycles. The lowest BCUT2D eigenvalue weighted by Gasteiger charge is -2.67. The average Bonchev–Trinajstić information content (AvgIpc) is 3.24. The number of aliphatic hydroxyl groups excluding tert-OH is 2. The molecule has 1 amide bonds. The van der Waals surface area contributed by atoms with Crippen molar-refractivity contribution < 1.29 is 67.8 Å². The third kappa shape index (κ3) is 7.63. The van der Waals surface area contributed by atoms with Crippen molar-refractivity contribution in [2.45, 2.75) is 108 Å². The Bertz CT molecular complexity index is 2350. The van der Waals surface area contributed by atoms with Gasteiger partial charge in [-0.25, -0.2) is 9.59 Å². The van der Waals surface area contributed by atoms with Crippen LogP contribution < -0.4 is 5.32 Å². The molecule has 11 atom stereocenters. The normalized spacial score (nSPS) is 31.6. The quantitative estimate of drug-likeness (QED) is 0.126. The van der Waals surface area contributed by atoms with E-state index < -0.39 is 113 Å². The van der Waals surface area contributed by atoms with Crippen molar-refractivity contribution >= 4 is 47.2 Å². The first-order chi connectivity index (χ1) is 29.7. The smallest absolute Gasteiger partial charge is 0.338 e. The van der Waals surface area contributed by atoms with E-state index in [9.17, 15) is 39.3 Å². The Hall–Kier alpha value is -5.45. The van der Waals surface area contributed by atoms with Crippen LogP contribution in [0.25, 0.3) is 0 Å². The van der Waals surface area contributed by atoms with E-state index >= 15 is 4.79 Å². The molecule has 2 saturated carbocycles. The molecule has 63 heavy (non-hydrogen) atoms. The third-order valence-electron chi connectivity index (χ3n) is 13.6. The van der Waals surface area contributed by atoms with E-state index in [1.54, 1.807) is 74.5 Å². The van der Waals surface area contributed by atoms with Crippen LogP contribution in [0.1, 0.15) is 86.7 Å². The van der Waals surface area contributed by atoms with Gasteiger partial charge in [0.1, 0.15) is 23.9 Å². The second-order valence-corrected chi connectivity index (χ2v) is 17.9. The molecule has 0 spiro atoms. The molecule has 334 valence electrons. The number of hydrogen-bond acceptors (Lipinski definition) is 14. The van der Waals surface area contributed by atoms with Crippen LogP contribution in [0.2, 0.25) is 5.02 Å². The maximum Gasteiger partial charge on any atom is 0.338 e. The standard InChI is InChI=1S/C47H50ClNO14/c1-24-31(61-43(57)36(53)35(27-15-9-7-10-16-27)49-41(55)29-19-13-14-20-30(29)48)22-47(58)40(62-42(56)28-17-11-8-12-18-28)38-45(6,32(52)21-33-46(38,23-59-33)63-26(3)51)39(54)37(60-25(2)50)34(24)44(47,4)5/h7-20,31-33,35-38,40,52-53,58H,21-23H2,1-6H3,(H,49,55)/t31-,32-,33+,35-,36+,37+,38?,40?,45+,46-,47+/m0/s1. The molecule has 4 aliphatic rings. The monoisotopic (exact) mass is 887 g/mol. The zero-order valence-electron chi connectivity index (χ0n) is 35.5. The Morgan fingerprint density at radius 2 is 1.49 bits per heavy atom. The predicted octanol–water partition coefficient (Wildman–Crippen LogP) is 4.39. The van der Waals surface area contributed by atoms with Gasteiger partial charge in [0.15, 0.2) is 23.6 Å². The highest BCUT2D eigenvalue weighted by Crippen LogP contribution is 2.64. The minimum atomic E-state index is -2.41. The van der Waals surface area contributed by atoms with Gasteiger partial charge in [-0.15, -0.1) is 0 Å². The van der Waals surface area contributed by atoms with Gasteiger partial charge in [0.25, 0.3) is 5.91 Å². The number of ketones is 1. The highest BCUT2D eigenvalue weighted by atomic mass is 35.5. The molecule has 4 N–H and O–H groups in total. The lowest BCUT2D eigenvalue weighted by Crippen LogP contribution is -2.82. The van der Waals surface area contributed by atoms with E-state index in [2.05, 4.69) is 5.32 Å². The number of esters is 4. The molecular weight excluding hydrogens is 838 g/mol. The van der Waals surface area contributed by atoms with E-state index in [-0.39, 0.29) is 40.3 Å². The van der Waals surface area contributed by atoms with Crippen LogP contribution in [0.5, 0.6) is 0 Å². The maximum absolute atomic E-state index is 15.5. The number of rotatable bonds is 10. The molecule has 2 unspecified atom stereocenters. The third-order valence-corrected chi connectivity index (χ3v) is 13.9. The van der Waals surface area contributed by atoms with Crippen molar-refractivity contribution in [1.29, 1.82) is 0 Å². The minimum absolute atomic E-state index is 0.0171. The van der Waals surface area contributed by atoms with Crippen molar-refractivity contribution in [3.63, 3.8) is 0 Å². The number of carbonyl (C=O) groups excluding carboxylic acids is 6. The number of carbonyl (C=O) groups is 6. The summed E-state index contributed by atoms with van der Waals surface area (Å²) in [5.74, 6) is -7.04. The molecule has 1 heterocycles. The van der Waals surface area contributed by atoms with Gasteiger partial charge in [-0.3, -0.25) is 19.2 Å². The van der Waals surface area contributed by atoms with Crippen LogP contribution in [0, 0.1) is 16.7 Å². The van der Waals surface area contributed by atoms with Crippen molar-refractivity contribution in [3.05, 3.63) is 118 Å². The molecule has 1 saturated heterocycles. The van der Waals surface area contributed by atoms with Gasteiger partial charge in [-0.1, -0.05) is 86.1 Å². The summed E-state index contributed by atoms with van der Waals surface area (Å²) in [6.07, 6.45) is -10.7. The number of hydrogen-bond donors (Lipinski definition) is 4. The first kappa shape index (κ1) is 45.6. The fourth-order valence-corrected chi connectivity index (χ4v) is 10.5. The SMILES string of the molecule is CC(=O)O[C@H]1C(=O)[C@@]2(C)C(C(OC(=O)c3ccccc3)[C@]3(O)C[C@H](OC(=O)[C@H](O)[C@@H](NC(=O)c4ccccc4Cl)c4ccccc4)C(C)=C1C3(C)C)[C@]1(OC(C)=O)CO[C@@H]1C[C@@H]2O. The van der Waals surface area contributed by atoms with Gasteiger partial charge < -0.3 is 44.3 Å². The fraction of sp³-hybridized carbons (Fsp3) is 0.447. The summed E-state index contributed by atoms with van der Waals surface area (Å²) in [5.41, 5.74) is -7.34. The summed E-state index contributed by atoms with van der Waals surface area (Å²) in [5, 5.41) is 40.4. The first-order valence-electron chi connectivity index (χ1n) is 20.6. The van der Waals surface area contributed by atoms with Crippen LogP contribution in [-0.4, -0.2) is 105 Å². The molecule has 0 aromatic heterocycles. The van der Waals surface area contributed by atoms with E-state index in [0.717, 1.165) is 13.8 Å². The van der Waals surface area contributed by atoms with Crippen LogP contribution in [0.15, 0.2) is 96.1 Å². The molecular formula is C47H50ClNO14. The average molecular weight is 888 g/mol. The summed E-state index contributed by atoms with van der Waals surface area (Å²) >= 11 is 6.31. The minimum Gasteiger partial charge on any atom is -0.456 e. The number of nitrogens with one attached hydrogen (secondary N) is 1. The Morgan fingerprint density at radius 1 is 0.873 bits per heavy atom. The van der Waals surface area contributed by atoms with Crippen LogP contribution in [-0.2, 0) is 42.9 Å². The molecule has 15 nitrogen and oxygen atoms in total. The molecule has 3 aromatic carbocycles. The Balaban J connectivity index is 1.39. The number of halogens is 1. The molecule has 3 aromatic rings. The molecule has 1 aliphatic heterocycles. The number of fused-ring (bicyclic) bond motifs is 5. The second kappa shape index (κ2) is 16.9. The summed E-state index contributed by atoms with van der Waals surface area (Å²) in [7, 11) is 0. The maximum atomic E-state index is 15.5. The van der Waals surface area contributed by atoms with Gasteiger partial charge in [-0.2, -0.15) is 0 Å².